The van der Waals surface area contributed by atoms with Gasteiger partial charge in [-0.1, -0.05) is 37.3 Å². The van der Waals surface area contributed by atoms with E-state index in [1.807, 2.05) is 17.9 Å². The van der Waals surface area contributed by atoms with Crippen molar-refractivity contribution in [1.29, 1.82) is 5.26 Å². The Hall–Kier alpha value is -2.06. The highest BCUT2D eigenvalue weighted by atomic mass is 16.2. The average molecular weight is 340 g/mol. The van der Waals surface area contributed by atoms with Crippen LogP contribution in [0.25, 0.3) is 0 Å². The maximum atomic E-state index is 12.6. The summed E-state index contributed by atoms with van der Waals surface area (Å²) in [6.45, 7) is 7.92. The fourth-order valence-corrected chi connectivity index (χ4v) is 4.34. The van der Waals surface area contributed by atoms with Gasteiger partial charge in [0.15, 0.2) is 0 Å². The molecule has 1 aromatic carbocycles. The van der Waals surface area contributed by atoms with Gasteiger partial charge >= 0.3 is 6.03 Å². The smallest absolute Gasteiger partial charge is 0.317 e. The fourth-order valence-electron chi connectivity index (χ4n) is 4.34. The molecule has 5 nitrogen and oxygen atoms in total. The topological polar surface area (TPSA) is 59.4 Å². The second-order valence-electron chi connectivity index (χ2n) is 7.50. The number of amides is 2. The first-order valence-corrected chi connectivity index (χ1v) is 9.29. The van der Waals surface area contributed by atoms with Crippen LogP contribution in [0.15, 0.2) is 30.3 Å². The van der Waals surface area contributed by atoms with E-state index in [0.717, 1.165) is 39.0 Å². The molecule has 0 aromatic heterocycles. The van der Waals surface area contributed by atoms with Crippen LogP contribution in [0.2, 0.25) is 0 Å². The number of hydrogen-bond acceptors (Lipinski definition) is 3. The third kappa shape index (κ3) is 3.50. The molecule has 1 unspecified atom stereocenters. The maximum absolute atomic E-state index is 12.6. The second-order valence-corrected chi connectivity index (χ2v) is 7.50. The minimum absolute atomic E-state index is 0.0507. The van der Waals surface area contributed by atoms with E-state index in [9.17, 15) is 4.79 Å². The van der Waals surface area contributed by atoms with Crippen molar-refractivity contribution < 1.29 is 4.79 Å². The molecule has 134 valence electrons. The van der Waals surface area contributed by atoms with Crippen molar-refractivity contribution in [2.75, 3.05) is 32.7 Å². The summed E-state index contributed by atoms with van der Waals surface area (Å²) < 4.78 is 0. The molecule has 3 rings (SSSR count). The number of nitrogens with one attached hydrogen (secondary N) is 1. The van der Waals surface area contributed by atoms with Crippen molar-refractivity contribution in [3.63, 3.8) is 0 Å². The molecule has 3 atom stereocenters. The minimum Gasteiger partial charge on any atom is -0.336 e. The number of fused-ring (bicyclic) bond motifs is 1. The summed E-state index contributed by atoms with van der Waals surface area (Å²) in [5, 5.41) is 12.2. The van der Waals surface area contributed by atoms with E-state index in [1.54, 1.807) is 0 Å². The molecule has 2 fully saturated rings. The Labute approximate surface area is 150 Å². The van der Waals surface area contributed by atoms with Crippen LogP contribution < -0.4 is 5.32 Å². The second kappa shape index (κ2) is 7.45. The van der Waals surface area contributed by atoms with Crippen LogP contribution in [0.4, 0.5) is 4.79 Å². The third-order valence-corrected chi connectivity index (χ3v) is 5.95. The monoisotopic (exact) mass is 340 g/mol. The summed E-state index contributed by atoms with van der Waals surface area (Å²) >= 11 is 0. The van der Waals surface area contributed by atoms with Crippen LogP contribution >= 0.6 is 0 Å². The van der Waals surface area contributed by atoms with Crippen molar-refractivity contribution in [1.82, 2.24) is 15.1 Å². The van der Waals surface area contributed by atoms with Crippen LogP contribution in [0.5, 0.6) is 0 Å². The van der Waals surface area contributed by atoms with Gasteiger partial charge in [-0.05, 0) is 25.3 Å². The number of hydrogen-bond donors (Lipinski definition) is 1. The summed E-state index contributed by atoms with van der Waals surface area (Å²) in [5.41, 5.74) is 1.41. The highest BCUT2D eigenvalue weighted by Crippen LogP contribution is 2.45. The standard InChI is InChI=1S/C20H28N4O/c1-3-16(2)22-19(25)24-11-9-20(17-7-5-4-6-8-17)15-23(12-10-21)13-18(20)14-24/h4-8,16,18H,3,9,11-15H2,1-2H3,(H,22,25)/t16?,18-,20-/m1/s1. The quantitative estimate of drug-likeness (QED) is 0.857. The first kappa shape index (κ1) is 17.8. The van der Waals surface area contributed by atoms with Crippen molar-refractivity contribution in [3.05, 3.63) is 35.9 Å². The molecule has 2 aliphatic heterocycles. The average Bonchev–Trinajstić information content (AvgIpc) is 3.01. The highest BCUT2D eigenvalue weighted by Gasteiger charge is 2.50. The number of benzene rings is 1. The molecular formula is C20H28N4O. The highest BCUT2D eigenvalue weighted by molar-refractivity contribution is 5.74. The summed E-state index contributed by atoms with van der Waals surface area (Å²) in [7, 11) is 0. The number of carbonyl (C=O) groups excluding carboxylic acids is 1. The van der Waals surface area contributed by atoms with Crippen molar-refractivity contribution in [3.8, 4) is 6.07 Å². The van der Waals surface area contributed by atoms with Gasteiger partial charge in [0.25, 0.3) is 0 Å². The number of urea groups is 1. The molecule has 2 amide bonds. The molecular weight excluding hydrogens is 312 g/mol. The molecule has 5 heteroatoms. The van der Waals surface area contributed by atoms with Crippen LogP contribution in [0.1, 0.15) is 32.3 Å². The van der Waals surface area contributed by atoms with Crippen molar-refractivity contribution >= 4 is 6.03 Å². The van der Waals surface area contributed by atoms with Gasteiger partial charge in [-0.15, -0.1) is 0 Å². The van der Waals surface area contributed by atoms with E-state index in [0.29, 0.717) is 12.5 Å². The molecule has 2 saturated heterocycles. The Bertz CT molecular complexity index is 641. The molecule has 0 saturated carbocycles. The van der Waals surface area contributed by atoms with E-state index in [-0.39, 0.29) is 17.5 Å². The molecule has 2 heterocycles. The Kier molecular flexibility index (Phi) is 5.29. The zero-order valence-electron chi connectivity index (χ0n) is 15.2. The molecule has 2 aliphatic rings. The third-order valence-electron chi connectivity index (χ3n) is 5.95. The van der Waals surface area contributed by atoms with Gasteiger partial charge in [0.1, 0.15) is 0 Å². The number of carbonyl (C=O) groups is 1. The van der Waals surface area contributed by atoms with E-state index in [1.165, 1.54) is 5.56 Å². The molecule has 0 radical (unpaired) electrons. The van der Waals surface area contributed by atoms with E-state index >= 15 is 0 Å². The van der Waals surface area contributed by atoms with Gasteiger partial charge in [-0.25, -0.2) is 4.79 Å². The van der Waals surface area contributed by atoms with Crippen LogP contribution in [0.3, 0.4) is 0 Å². The van der Waals surface area contributed by atoms with Gasteiger partial charge < -0.3 is 10.2 Å². The van der Waals surface area contributed by atoms with Crippen LogP contribution in [-0.2, 0) is 5.41 Å². The Morgan fingerprint density at radius 3 is 2.84 bits per heavy atom. The Balaban J connectivity index is 1.79. The largest absolute Gasteiger partial charge is 0.336 e. The lowest BCUT2D eigenvalue weighted by Gasteiger charge is -2.44. The molecule has 0 bridgehead atoms. The van der Waals surface area contributed by atoms with E-state index < -0.39 is 0 Å². The predicted molar refractivity (Wildman–Crippen MR) is 98.1 cm³/mol. The van der Waals surface area contributed by atoms with Gasteiger partial charge in [-0.3, -0.25) is 4.90 Å². The number of likely N-dealkylation sites (tertiary alicyclic amines) is 2. The first-order valence-electron chi connectivity index (χ1n) is 9.29. The zero-order valence-corrected chi connectivity index (χ0v) is 15.2. The predicted octanol–water partition coefficient (Wildman–Crippen LogP) is 2.59. The van der Waals surface area contributed by atoms with Gasteiger partial charge in [0.2, 0.25) is 0 Å². The molecule has 0 spiro atoms. The molecule has 1 aromatic rings. The van der Waals surface area contributed by atoms with Gasteiger partial charge in [-0.2, -0.15) is 5.26 Å². The number of nitriles is 1. The lowest BCUT2D eigenvalue weighted by atomic mass is 9.68. The summed E-state index contributed by atoms with van der Waals surface area (Å²) in [6, 6.07) is 13.2. The first-order chi connectivity index (χ1) is 12.1. The van der Waals surface area contributed by atoms with Gasteiger partial charge in [0.05, 0.1) is 12.6 Å². The summed E-state index contributed by atoms with van der Waals surface area (Å²) in [5.74, 6) is 0.375. The van der Waals surface area contributed by atoms with E-state index in [2.05, 4.69) is 47.5 Å². The molecule has 0 aliphatic carbocycles. The number of piperidine rings is 1. The maximum Gasteiger partial charge on any atom is 0.317 e. The minimum atomic E-state index is 0.0507. The fraction of sp³-hybridized carbons (Fsp3) is 0.600. The Morgan fingerprint density at radius 2 is 2.16 bits per heavy atom. The lowest BCUT2D eigenvalue weighted by Crippen LogP contribution is -2.54. The Morgan fingerprint density at radius 1 is 1.40 bits per heavy atom. The summed E-state index contributed by atoms with van der Waals surface area (Å²) in [6.07, 6.45) is 1.89. The van der Waals surface area contributed by atoms with Crippen LogP contribution in [-0.4, -0.2) is 54.6 Å². The normalized spacial score (nSPS) is 27.4. The van der Waals surface area contributed by atoms with Gasteiger partial charge in [0, 0.05) is 43.6 Å². The zero-order chi connectivity index (χ0) is 17.9. The molecule has 1 N–H and O–H groups in total. The number of nitrogens with zero attached hydrogens (tertiary/aromatic N) is 3. The lowest BCUT2D eigenvalue weighted by molar-refractivity contribution is 0.131. The SMILES string of the molecule is CCC(C)NC(=O)N1CC[C@]2(c3ccccc3)CN(CC#N)C[C@@H]2C1. The van der Waals surface area contributed by atoms with Crippen molar-refractivity contribution in [2.24, 2.45) is 5.92 Å². The van der Waals surface area contributed by atoms with Crippen LogP contribution in [0, 0.1) is 17.2 Å². The van der Waals surface area contributed by atoms with Crippen molar-refractivity contribution in [2.45, 2.75) is 38.1 Å². The summed E-state index contributed by atoms with van der Waals surface area (Å²) in [4.78, 5) is 16.8. The molecule has 25 heavy (non-hydrogen) atoms. The number of rotatable bonds is 4. The van der Waals surface area contributed by atoms with E-state index in [4.69, 9.17) is 5.26 Å².